The van der Waals surface area contributed by atoms with E-state index in [9.17, 15) is 4.79 Å². The summed E-state index contributed by atoms with van der Waals surface area (Å²) in [6, 6.07) is 9.30. The summed E-state index contributed by atoms with van der Waals surface area (Å²) in [5.41, 5.74) is 0.781. The quantitative estimate of drug-likeness (QED) is 0.895. The van der Waals surface area contributed by atoms with Crippen LogP contribution in [0, 0.1) is 5.92 Å². The van der Waals surface area contributed by atoms with Crippen molar-refractivity contribution in [3.63, 3.8) is 0 Å². The Morgan fingerprint density at radius 1 is 1.26 bits per heavy atom. The molecule has 0 unspecified atom stereocenters. The number of hydrogen-bond donors (Lipinski definition) is 2. The van der Waals surface area contributed by atoms with Gasteiger partial charge in [-0.05, 0) is 25.0 Å². The molecule has 0 saturated carbocycles. The normalized spacial score (nSPS) is 15.4. The van der Waals surface area contributed by atoms with E-state index in [1.54, 1.807) is 0 Å². The number of piperidine rings is 1. The van der Waals surface area contributed by atoms with Gasteiger partial charge in [0.25, 0.3) is 0 Å². The van der Waals surface area contributed by atoms with Crippen molar-refractivity contribution in [2.75, 3.05) is 23.3 Å². The number of nitrogens with one attached hydrogen (secondary N) is 1. The smallest absolute Gasteiger partial charge is 0.306 e. The zero-order valence-corrected chi connectivity index (χ0v) is 13.2. The van der Waals surface area contributed by atoms with E-state index in [-0.39, 0.29) is 5.92 Å². The highest BCUT2D eigenvalue weighted by molar-refractivity contribution is 6.33. The maximum absolute atomic E-state index is 11.0. The molecule has 1 aliphatic heterocycles. The minimum absolute atomic E-state index is 0.256. The summed E-state index contributed by atoms with van der Waals surface area (Å²) in [4.78, 5) is 21.6. The molecular weight excluding hydrogens is 316 g/mol. The van der Waals surface area contributed by atoms with Crippen LogP contribution in [0.1, 0.15) is 12.8 Å². The highest BCUT2D eigenvalue weighted by Gasteiger charge is 2.25. The van der Waals surface area contributed by atoms with Gasteiger partial charge in [-0.1, -0.05) is 23.7 Å². The first-order chi connectivity index (χ1) is 11.1. The minimum atomic E-state index is -0.714. The molecule has 120 valence electrons. The maximum atomic E-state index is 11.0. The first-order valence-electron chi connectivity index (χ1n) is 7.45. The predicted molar refractivity (Wildman–Crippen MR) is 89.3 cm³/mol. The number of rotatable bonds is 4. The fraction of sp³-hybridized carbons (Fsp3) is 0.312. The van der Waals surface area contributed by atoms with E-state index in [1.807, 2.05) is 30.3 Å². The molecular formula is C16H17ClN4O2. The molecule has 1 fully saturated rings. The van der Waals surface area contributed by atoms with Gasteiger partial charge in [-0.15, -0.1) is 0 Å². The second-order valence-corrected chi connectivity index (χ2v) is 5.87. The standard InChI is InChI=1S/C16H17ClN4O2/c17-12-3-1-2-4-13(12)20-14-9-15(19-10-18-14)21-7-5-11(6-8-21)16(22)23/h1-4,9-11H,5-8H2,(H,22,23)(H,18,19,20). The molecule has 2 N–H and O–H groups in total. The lowest BCUT2D eigenvalue weighted by molar-refractivity contribution is -0.142. The molecule has 1 saturated heterocycles. The van der Waals surface area contributed by atoms with Gasteiger partial charge in [-0.25, -0.2) is 9.97 Å². The number of carboxylic acids is 1. The van der Waals surface area contributed by atoms with Crippen molar-refractivity contribution in [2.45, 2.75) is 12.8 Å². The summed E-state index contributed by atoms with van der Waals surface area (Å²) < 4.78 is 0. The van der Waals surface area contributed by atoms with Gasteiger partial charge in [0.2, 0.25) is 0 Å². The van der Waals surface area contributed by atoms with Gasteiger partial charge in [0.05, 0.1) is 16.6 Å². The number of hydrogen-bond acceptors (Lipinski definition) is 5. The van der Waals surface area contributed by atoms with Crippen LogP contribution in [0.2, 0.25) is 5.02 Å². The number of halogens is 1. The number of carboxylic acid groups (broad SMARTS) is 1. The zero-order chi connectivity index (χ0) is 16.2. The third kappa shape index (κ3) is 3.71. The van der Waals surface area contributed by atoms with E-state index in [4.69, 9.17) is 16.7 Å². The van der Waals surface area contributed by atoms with Gasteiger partial charge in [0.15, 0.2) is 0 Å². The van der Waals surface area contributed by atoms with Crippen molar-refractivity contribution >= 4 is 34.9 Å². The summed E-state index contributed by atoms with van der Waals surface area (Å²) >= 11 is 6.14. The largest absolute Gasteiger partial charge is 0.481 e. The van der Waals surface area contributed by atoms with Gasteiger partial charge in [-0.3, -0.25) is 4.79 Å². The van der Waals surface area contributed by atoms with E-state index in [0.717, 1.165) is 11.5 Å². The third-order valence-electron chi connectivity index (χ3n) is 3.96. The van der Waals surface area contributed by atoms with Crippen molar-refractivity contribution in [2.24, 2.45) is 5.92 Å². The topological polar surface area (TPSA) is 78.4 Å². The summed E-state index contributed by atoms with van der Waals surface area (Å²) in [7, 11) is 0. The van der Waals surface area contributed by atoms with E-state index >= 15 is 0 Å². The molecule has 0 spiro atoms. The molecule has 0 atom stereocenters. The molecule has 7 heteroatoms. The van der Waals surface area contributed by atoms with Gasteiger partial charge in [-0.2, -0.15) is 0 Å². The van der Waals surface area contributed by atoms with Crippen molar-refractivity contribution < 1.29 is 9.90 Å². The summed E-state index contributed by atoms with van der Waals surface area (Å²) in [6.45, 7) is 1.36. The van der Waals surface area contributed by atoms with Crippen LogP contribution in [0.5, 0.6) is 0 Å². The van der Waals surface area contributed by atoms with E-state index in [0.29, 0.717) is 36.8 Å². The van der Waals surface area contributed by atoms with Crippen LogP contribution >= 0.6 is 11.6 Å². The first-order valence-corrected chi connectivity index (χ1v) is 7.82. The monoisotopic (exact) mass is 332 g/mol. The number of carbonyl (C=O) groups is 1. The Hall–Kier alpha value is -2.34. The minimum Gasteiger partial charge on any atom is -0.481 e. The van der Waals surface area contributed by atoms with Gasteiger partial charge in [0.1, 0.15) is 18.0 Å². The van der Waals surface area contributed by atoms with Gasteiger partial charge in [0, 0.05) is 19.2 Å². The van der Waals surface area contributed by atoms with Crippen molar-refractivity contribution in [3.8, 4) is 0 Å². The Balaban J connectivity index is 1.71. The second kappa shape index (κ2) is 6.83. The molecule has 1 aromatic heterocycles. The predicted octanol–water partition coefficient (Wildman–Crippen LogP) is 3.17. The van der Waals surface area contributed by atoms with Crippen LogP contribution in [-0.2, 0) is 4.79 Å². The second-order valence-electron chi connectivity index (χ2n) is 5.47. The lowest BCUT2D eigenvalue weighted by Gasteiger charge is -2.31. The molecule has 0 bridgehead atoms. The Morgan fingerprint density at radius 3 is 2.70 bits per heavy atom. The van der Waals surface area contributed by atoms with Crippen LogP contribution in [0.15, 0.2) is 36.7 Å². The first kappa shape index (κ1) is 15.6. The summed E-state index contributed by atoms with van der Waals surface area (Å²) in [6.07, 6.45) is 2.76. The molecule has 23 heavy (non-hydrogen) atoms. The highest BCUT2D eigenvalue weighted by atomic mass is 35.5. The van der Waals surface area contributed by atoms with Crippen molar-refractivity contribution in [1.82, 2.24) is 9.97 Å². The molecule has 2 heterocycles. The number of benzene rings is 1. The molecule has 1 aliphatic rings. The van der Waals surface area contributed by atoms with Crippen molar-refractivity contribution in [3.05, 3.63) is 41.7 Å². The van der Waals surface area contributed by atoms with E-state index < -0.39 is 5.97 Å². The van der Waals surface area contributed by atoms with E-state index in [1.165, 1.54) is 6.33 Å². The number of aromatic nitrogens is 2. The van der Waals surface area contributed by atoms with Crippen LogP contribution in [0.4, 0.5) is 17.3 Å². The average molecular weight is 333 g/mol. The highest BCUT2D eigenvalue weighted by Crippen LogP contribution is 2.26. The zero-order valence-electron chi connectivity index (χ0n) is 12.4. The van der Waals surface area contributed by atoms with E-state index in [2.05, 4.69) is 20.2 Å². The molecule has 6 nitrogen and oxygen atoms in total. The number of nitrogens with zero attached hydrogens (tertiary/aromatic N) is 3. The molecule has 0 amide bonds. The number of anilines is 3. The number of aliphatic carboxylic acids is 1. The van der Waals surface area contributed by atoms with Crippen LogP contribution < -0.4 is 10.2 Å². The van der Waals surface area contributed by atoms with Crippen molar-refractivity contribution in [1.29, 1.82) is 0 Å². The Morgan fingerprint density at radius 2 is 2.00 bits per heavy atom. The van der Waals surface area contributed by atoms with Crippen LogP contribution in [-0.4, -0.2) is 34.1 Å². The Kier molecular flexibility index (Phi) is 4.62. The van der Waals surface area contributed by atoms with Crippen LogP contribution in [0.25, 0.3) is 0 Å². The van der Waals surface area contributed by atoms with Gasteiger partial charge >= 0.3 is 5.97 Å². The molecule has 1 aromatic carbocycles. The van der Waals surface area contributed by atoms with Gasteiger partial charge < -0.3 is 15.3 Å². The lowest BCUT2D eigenvalue weighted by atomic mass is 9.97. The molecule has 0 radical (unpaired) electrons. The van der Waals surface area contributed by atoms with Crippen LogP contribution in [0.3, 0.4) is 0 Å². The number of para-hydroxylation sites is 1. The fourth-order valence-electron chi connectivity index (χ4n) is 2.64. The fourth-order valence-corrected chi connectivity index (χ4v) is 2.83. The summed E-state index contributed by atoms with van der Waals surface area (Å²) in [5.74, 6) is 0.476. The molecule has 2 aromatic rings. The summed E-state index contributed by atoms with van der Waals surface area (Å²) in [5, 5.41) is 12.9. The average Bonchev–Trinajstić information content (AvgIpc) is 2.57. The SMILES string of the molecule is O=C(O)C1CCN(c2cc(Nc3ccccc3Cl)ncn2)CC1. The molecule has 3 rings (SSSR count). The Bertz CT molecular complexity index is 702. The Labute approximate surface area is 139 Å². The maximum Gasteiger partial charge on any atom is 0.306 e. The lowest BCUT2D eigenvalue weighted by Crippen LogP contribution is -2.36. The third-order valence-corrected chi connectivity index (χ3v) is 4.29. The molecule has 0 aliphatic carbocycles.